The van der Waals surface area contributed by atoms with Crippen LogP contribution in [0.3, 0.4) is 0 Å². The Labute approximate surface area is 136 Å². The third-order valence-electron chi connectivity index (χ3n) is 3.42. The number of benzene rings is 2. The van der Waals surface area contributed by atoms with E-state index in [2.05, 4.69) is 4.98 Å². The second-order valence-corrected chi connectivity index (χ2v) is 4.99. The molecule has 1 heterocycles. The number of para-hydroxylation sites is 2. The maximum Gasteiger partial charge on any atom is 0.266 e. The molecule has 1 atom stereocenters. The minimum atomic E-state index is -1.51. The van der Waals surface area contributed by atoms with E-state index in [9.17, 15) is 13.6 Å². The van der Waals surface area contributed by atoms with Gasteiger partial charge in [0, 0.05) is 12.5 Å². The number of ether oxygens (including phenoxy) is 2. The molecule has 1 unspecified atom stereocenters. The minimum absolute atomic E-state index is 0.0808. The van der Waals surface area contributed by atoms with E-state index in [0.29, 0.717) is 5.52 Å². The zero-order valence-corrected chi connectivity index (χ0v) is 12.7. The SMILES string of the molecule is COC(Oc1c(F)cccc1F)C(=O)c1ccc2ccccc2n1. The van der Waals surface area contributed by atoms with Crippen LogP contribution in [0.4, 0.5) is 8.78 Å². The highest BCUT2D eigenvalue weighted by Gasteiger charge is 2.25. The summed E-state index contributed by atoms with van der Waals surface area (Å²) in [6.07, 6.45) is -1.51. The van der Waals surface area contributed by atoms with Crippen LogP contribution in [0.25, 0.3) is 10.9 Å². The van der Waals surface area contributed by atoms with E-state index in [0.717, 1.165) is 17.5 Å². The summed E-state index contributed by atoms with van der Waals surface area (Å²) >= 11 is 0. The number of pyridine rings is 1. The molecule has 0 spiro atoms. The zero-order chi connectivity index (χ0) is 17.1. The highest BCUT2D eigenvalue weighted by Crippen LogP contribution is 2.23. The lowest BCUT2D eigenvalue weighted by Crippen LogP contribution is -2.30. The van der Waals surface area contributed by atoms with Crippen molar-refractivity contribution in [1.29, 1.82) is 0 Å². The Morgan fingerprint density at radius 1 is 1.00 bits per heavy atom. The third-order valence-corrected chi connectivity index (χ3v) is 3.42. The summed E-state index contributed by atoms with van der Waals surface area (Å²) in [6, 6.07) is 13.8. The van der Waals surface area contributed by atoms with Crippen molar-refractivity contribution in [3.05, 3.63) is 71.9 Å². The van der Waals surface area contributed by atoms with Crippen LogP contribution in [-0.2, 0) is 4.74 Å². The number of ketones is 1. The van der Waals surface area contributed by atoms with Crippen molar-refractivity contribution < 1.29 is 23.0 Å². The van der Waals surface area contributed by atoms with Gasteiger partial charge in [-0.2, -0.15) is 0 Å². The van der Waals surface area contributed by atoms with Gasteiger partial charge in [-0.15, -0.1) is 0 Å². The molecule has 0 bridgehead atoms. The number of rotatable bonds is 5. The summed E-state index contributed by atoms with van der Waals surface area (Å²) in [5.74, 6) is -3.14. The Morgan fingerprint density at radius 3 is 2.42 bits per heavy atom. The van der Waals surface area contributed by atoms with Gasteiger partial charge in [0.2, 0.25) is 5.78 Å². The van der Waals surface area contributed by atoms with Gasteiger partial charge < -0.3 is 9.47 Å². The van der Waals surface area contributed by atoms with Gasteiger partial charge in [0.05, 0.1) is 5.52 Å². The number of fused-ring (bicyclic) bond motifs is 1. The van der Waals surface area contributed by atoms with Crippen LogP contribution in [0.5, 0.6) is 5.75 Å². The predicted octanol–water partition coefficient (Wildman–Crippen LogP) is 3.75. The lowest BCUT2D eigenvalue weighted by molar-refractivity contribution is -0.0355. The van der Waals surface area contributed by atoms with Crippen molar-refractivity contribution in [2.24, 2.45) is 0 Å². The molecule has 0 amide bonds. The molecule has 0 fully saturated rings. The summed E-state index contributed by atoms with van der Waals surface area (Å²) in [4.78, 5) is 16.7. The average Bonchev–Trinajstić information content (AvgIpc) is 2.60. The fourth-order valence-corrected chi connectivity index (χ4v) is 2.23. The Balaban J connectivity index is 1.90. The normalized spacial score (nSPS) is 12.1. The van der Waals surface area contributed by atoms with Crippen molar-refractivity contribution in [2.45, 2.75) is 6.29 Å². The number of carbonyl (C=O) groups excluding carboxylic acids is 1. The molecule has 3 aromatic rings. The molecule has 6 heteroatoms. The Bertz CT molecular complexity index is 878. The molecule has 0 aliphatic heterocycles. The Hall–Kier alpha value is -2.86. The number of halogens is 2. The summed E-state index contributed by atoms with van der Waals surface area (Å²) in [5, 5.41) is 0.865. The summed E-state index contributed by atoms with van der Waals surface area (Å²) in [7, 11) is 1.21. The topological polar surface area (TPSA) is 48.4 Å². The van der Waals surface area contributed by atoms with Crippen LogP contribution in [0.2, 0.25) is 0 Å². The maximum absolute atomic E-state index is 13.7. The van der Waals surface area contributed by atoms with Crippen LogP contribution in [0.1, 0.15) is 10.5 Å². The highest BCUT2D eigenvalue weighted by molar-refractivity contribution is 5.98. The first-order valence-electron chi connectivity index (χ1n) is 7.13. The van der Waals surface area contributed by atoms with Crippen LogP contribution in [0, 0.1) is 11.6 Å². The van der Waals surface area contributed by atoms with Crippen molar-refractivity contribution in [1.82, 2.24) is 4.98 Å². The van der Waals surface area contributed by atoms with Crippen LogP contribution in [0.15, 0.2) is 54.6 Å². The van der Waals surface area contributed by atoms with Gasteiger partial charge in [0.25, 0.3) is 6.29 Å². The van der Waals surface area contributed by atoms with Gasteiger partial charge in [-0.1, -0.05) is 30.3 Å². The van der Waals surface area contributed by atoms with E-state index < -0.39 is 29.5 Å². The number of nitrogens with zero attached hydrogens (tertiary/aromatic N) is 1. The molecule has 0 aliphatic rings. The Morgan fingerprint density at radius 2 is 1.71 bits per heavy atom. The number of hydrogen-bond acceptors (Lipinski definition) is 4. The molecular weight excluding hydrogens is 316 g/mol. The molecule has 0 N–H and O–H groups in total. The van der Waals surface area contributed by atoms with E-state index in [1.807, 2.05) is 12.1 Å². The van der Waals surface area contributed by atoms with Crippen molar-refractivity contribution in [2.75, 3.05) is 7.11 Å². The molecule has 1 aromatic heterocycles. The summed E-state index contributed by atoms with van der Waals surface area (Å²) in [5.41, 5.74) is 0.701. The number of aromatic nitrogens is 1. The quantitative estimate of drug-likeness (QED) is 0.528. The first kappa shape index (κ1) is 16.0. The average molecular weight is 329 g/mol. The van der Waals surface area contributed by atoms with Crippen molar-refractivity contribution >= 4 is 16.7 Å². The molecule has 24 heavy (non-hydrogen) atoms. The predicted molar refractivity (Wildman–Crippen MR) is 83.9 cm³/mol. The maximum atomic E-state index is 13.7. The van der Waals surface area contributed by atoms with Gasteiger partial charge in [0.15, 0.2) is 17.4 Å². The lowest BCUT2D eigenvalue weighted by Gasteiger charge is -2.17. The molecule has 0 saturated carbocycles. The second-order valence-electron chi connectivity index (χ2n) is 4.99. The number of hydrogen-bond donors (Lipinski definition) is 0. The molecule has 3 rings (SSSR count). The molecule has 122 valence electrons. The van der Waals surface area contributed by atoms with Crippen LogP contribution >= 0.6 is 0 Å². The molecule has 0 radical (unpaired) electrons. The van der Waals surface area contributed by atoms with Gasteiger partial charge in [-0.05, 0) is 24.3 Å². The van der Waals surface area contributed by atoms with Crippen LogP contribution in [-0.4, -0.2) is 24.2 Å². The first-order chi connectivity index (χ1) is 11.6. The highest BCUT2D eigenvalue weighted by atomic mass is 19.1. The molecule has 4 nitrogen and oxygen atoms in total. The molecule has 0 saturated heterocycles. The standard InChI is InChI=1S/C18H13F2NO3/c1-23-18(24-17-12(19)6-4-7-13(17)20)16(22)15-10-9-11-5-2-3-8-14(11)21-15/h2-10,18H,1H3. The second kappa shape index (κ2) is 6.72. The fourth-order valence-electron chi connectivity index (χ4n) is 2.23. The van der Waals surface area contributed by atoms with E-state index >= 15 is 0 Å². The summed E-state index contributed by atoms with van der Waals surface area (Å²) < 4.78 is 37.4. The van der Waals surface area contributed by atoms with E-state index in [4.69, 9.17) is 9.47 Å². The van der Waals surface area contributed by atoms with Crippen molar-refractivity contribution in [3.63, 3.8) is 0 Å². The number of Topliss-reactive ketones (excluding diaryl/α,β-unsaturated/α-hetero) is 1. The van der Waals surface area contributed by atoms with Crippen LogP contribution < -0.4 is 4.74 Å². The lowest BCUT2D eigenvalue weighted by atomic mass is 10.1. The van der Waals surface area contributed by atoms with Gasteiger partial charge in [0.1, 0.15) is 5.69 Å². The van der Waals surface area contributed by atoms with E-state index in [1.165, 1.54) is 19.2 Å². The van der Waals surface area contributed by atoms with E-state index in [-0.39, 0.29) is 5.69 Å². The number of methoxy groups -OCH3 is 1. The zero-order valence-electron chi connectivity index (χ0n) is 12.7. The van der Waals surface area contributed by atoms with Gasteiger partial charge in [-0.25, -0.2) is 13.8 Å². The number of carbonyl (C=O) groups is 1. The first-order valence-corrected chi connectivity index (χ1v) is 7.13. The monoisotopic (exact) mass is 329 g/mol. The Kier molecular flexibility index (Phi) is 4.48. The largest absolute Gasteiger partial charge is 0.451 e. The fraction of sp³-hybridized carbons (Fsp3) is 0.111. The van der Waals surface area contributed by atoms with Crippen molar-refractivity contribution in [3.8, 4) is 5.75 Å². The molecular formula is C18H13F2NO3. The van der Waals surface area contributed by atoms with Gasteiger partial charge in [-0.3, -0.25) is 4.79 Å². The van der Waals surface area contributed by atoms with E-state index in [1.54, 1.807) is 18.2 Å². The smallest absolute Gasteiger partial charge is 0.266 e. The third kappa shape index (κ3) is 3.09. The minimum Gasteiger partial charge on any atom is -0.451 e. The molecule has 2 aromatic carbocycles. The summed E-state index contributed by atoms with van der Waals surface area (Å²) in [6.45, 7) is 0. The molecule has 0 aliphatic carbocycles. The van der Waals surface area contributed by atoms with Gasteiger partial charge >= 0.3 is 0 Å².